The number of hydrogen-bond donors (Lipinski definition) is 1. The van der Waals surface area contributed by atoms with E-state index in [4.69, 9.17) is 21.1 Å². The maximum Gasteiger partial charge on any atom is 0.336 e. The predicted molar refractivity (Wildman–Crippen MR) is 112 cm³/mol. The van der Waals surface area contributed by atoms with Crippen LogP contribution in [0.25, 0.3) is 0 Å². The normalized spacial score (nSPS) is 11.5. The number of carboxylic acids is 1. The molecule has 2 aromatic rings. The van der Waals surface area contributed by atoms with Crippen LogP contribution in [0.15, 0.2) is 77.9 Å². The zero-order valence-corrected chi connectivity index (χ0v) is 16.7. The summed E-state index contributed by atoms with van der Waals surface area (Å²) in [5.41, 5.74) is 2.64. The number of benzene rings is 2. The van der Waals surface area contributed by atoms with Gasteiger partial charge in [-0.15, -0.1) is 0 Å². The lowest BCUT2D eigenvalue weighted by atomic mass is 10.0. The van der Waals surface area contributed by atoms with Crippen LogP contribution in [0.4, 0.5) is 0 Å². The molecule has 0 saturated heterocycles. The number of rotatable bonds is 9. The van der Waals surface area contributed by atoms with Gasteiger partial charge in [-0.05, 0) is 43.2 Å². The van der Waals surface area contributed by atoms with Gasteiger partial charge in [-0.2, -0.15) is 0 Å². The average Bonchev–Trinajstić information content (AvgIpc) is 2.64. The Hall–Kier alpha value is -2.98. The van der Waals surface area contributed by atoms with E-state index in [0.717, 1.165) is 5.57 Å². The number of allylic oxidation sites excluding steroid dienone is 4. The number of aryl methyl sites for hydroxylation is 1. The fraction of sp³-hybridized carbons (Fsp3) is 0.174. The Morgan fingerprint density at radius 3 is 2.54 bits per heavy atom. The average molecular weight is 399 g/mol. The molecule has 0 amide bonds. The first-order valence-corrected chi connectivity index (χ1v) is 9.10. The minimum absolute atomic E-state index is 0.165. The van der Waals surface area contributed by atoms with Gasteiger partial charge in [-0.1, -0.05) is 54.6 Å². The van der Waals surface area contributed by atoms with E-state index >= 15 is 0 Å². The summed E-state index contributed by atoms with van der Waals surface area (Å²) in [7, 11) is 0. The first kappa shape index (κ1) is 21.3. The highest BCUT2D eigenvalue weighted by atomic mass is 35.5. The molecule has 2 rings (SSSR count). The van der Waals surface area contributed by atoms with Crippen molar-refractivity contribution in [3.05, 3.63) is 94.6 Å². The molecule has 0 fully saturated rings. The van der Waals surface area contributed by atoms with E-state index < -0.39 is 5.97 Å². The summed E-state index contributed by atoms with van der Waals surface area (Å²) in [5, 5.41) is 9.87. The van der Waals surface area contributed by atoms with Crippen molar-refractivity contribution in [2.75, 3.05) is 6.61 Å². The maximum absolute atomic E-state index is 11.5. The molecule has 0 radical (unpaired) electrons. The highest BCUT2D eigenvalue weighted by molar-refractivity contribution is 6.30. The predicted octanol–water partition coefficient (Wildman–Crippen LogP) is 5.91. The quantitative estimate of drug-likeness (QED) is 0.534. The summed E-state index contributed by atoms with van der Waals surface area (Å²) in [6, 6.07) is 12.6. The van der Waals surface area contributed by atoms with Crippen LogP contribution in [0.1, 0.15) is 28.4 Å². The largest absolute Gasteiger partial charge is 0.489 e. The fourth-order valence-corrected chi connectivity index (χ4v) is 2.60. The molecule has 5 heteroatoms. The molecular formula is C23H23ClO4. The minimum atomic E-state index is -0.956. The Morgan fingerprint density at radius 2 is 1.86 bits per heavy atom. The molecule has 28 heavy (non-hydrogen) atoms. The summed E-state index contributed by atoms with van der Waals surface area (Å²) < 4.78 is 11.6. The first-order valence-electron chi connectivity index (χ1n) is 8.72. The molecular weight excluding hydrogens is 376 g/mol. The summed E-state index contributed by atoms with van der Waals surface area (Å²) in [4.78, 5) is 11.5. The smallest absolute Gasteiger partial charge is 0.336 e. The van der Waals surface area contributed by atoms with Crippen molar-refractivity contribution in [2.45, 2.75) is 20.5 Å². The van der Waals surface area contributed by atoms with E-state index in [-0.39, 0.29) is 12.2 Å². The van der Waals surface area contributed by atoms with Crippen LogP contribution in [-0.2, 0) is 6.61 Å². The molecule has 0 aromatic heterocycles. The third-order valence-electron chi connectivity index (χ3n) is 3.90. The van der Waals surface area contributed by atoms with E-state index in [1.807, 2.05) is 37.3 Å². The molecule has 1 N–H and O–H groups in total. The molecule has 0 bridgehead atoms. The molecule has 0 atom stereocenters. The molecule has 0 spiro atoms. The lowest BCUT2D eigenvalue weighted by Crippen LogP contribution is -2.08. The van der Waals surface area contributed by atoms with E-state index in [0.29, 0.717) is 34.3 Å². The standard InChI is InChI=1S/C23H23ClO4/c1-16(7-4-9-18(3)24)14-27-20-11-6-12-21(13-20)28-15-19-10-5-8-17(2)22(19)23(25)26/h4-13H,3,14-15H2,1-2H3,(H,25,26)/b9-4-,16-7+. The summed E-state index contributed by atoms with van der Waals surface area (Å²) >= 11 is 5.67. The Morgan fingerprint density at radius 1 is 1.18 bits per heavy atom. The van der Waals surface area contributed by atoms with E-state index in [1.165, 1.54) is 0 Å². The van der Waals surface area contributed by atoms with Crippen LogP contribution in [0.2, 0.25) is 0 Å². The van der Waals surface area contributed by atoms with Crippen LogP contribution < -0.4 is 9.47 Å². The zero-order chi connectivity index (χ0) is 20.5. The summed E-state index contributed by atoms with van der Waals surface area (Å²) in [5.74, 6) is 0.317. The number of hydrogen-bond acceptors (Lipinski definition) is 3. The van der Waals surface area contributed by atoms with Crippen molar-refractivity contribution in [3.63, 3.8) is 0 Å². The van der Waals surface area contributed by atoms with Gasteiger partial charge in [0.1, 0.15) is 24.7 Å². The number of carbonyl (C=O) groups is 1. The van der Waals surface area contributed by atoms with Gasteiger partial charge < -0.3 is 14.6 Å². The van der Waals surface area contributed by atoms with Crippen molar-refractivity contribution >= 4 is 17.6 Å². The van der Waals surface area contributed by atoms with Gasteiger partial charge in [0, 0.05) is 16.7 Å². The molecule has 0 heterocycles. The van der Waals surface area contributed by atoms with Crippen molar-refractivity contribution in [2.24, 2.45) is 0 Å². The highest BCUT2D eigenvalue weighted by Crippen LogP contribution is 2.22. The Kier molecular flexibility index (Phi) is 7.90. The monoisotopic (exact) mass is 398 g/mol. The van der Waals surface area contributed by atoms with Crippen molar-refractivity contribution in [1.82, 2.24) is 0 Å². The number of halogens is 1. The lowest BCUT2D eigenvalue weighted by molar-refractivity contribution is 0.0693. The lowest BCUT2D eigenvalue weighted by Gasteiger charge is -2.12. The van der Waals surface area contributed by atoms with Crippen LogP contribution in [0.5, 0.6) is 11.5 Å². The van der Waals surface area contributed by atoms with E-state index in [2.05, 4.69) is 6.58 Å². The Balaban J connectivity index is 2.00. The number of carboxylic acid groups (broad SMARTS) is 1. The van der Waals surface area contributed by atoms with Crippen LogP contribution in [0, 0.1) is 6.92 Å². The van der Waals surface area contributed by atoms with Crippen LogP contribution in [0.3, 0.4) is 0 Å². The molecule has 0 aliphatic rings. The topological polar surface area (TPSA) is 55.8 Å². The van der Waals surface area contributed by atoms with Gasteiger partial charge >= 0.3 is 5.97 Å². The second-order valence-corrected chi connectivity index (χ2v) is 6.77. The molecule has 146 valence electrons. The van der Waals surface area contributed by atoms with Gasteiger partial charge in [0.2, 0.25) is 0 Å². The van der Waals surface area contributed by atoms with Crippen molar-refractivity contribution in [1.29, 1.82) is 0 Å². The second kappa shape index (κ2) is 10.4. The molecule has 2 aromatic carbocycles. The Bertz CT molecular complexity index is 913. The summed E-state index contributed by atoms with van der Waals surface area (Å²) in [6.45, 7) is 7.90. The molecule has 4 nitrogen and oxygen atoms in total. The number of aromatic carboxylic acids is 1. The van der Waals surface area contributed by atoms with Crippen molar-refractivity contribution < 1.29 is 19.4 Å². The molecule has 0 saturated carbocycles. The minimum Gasteiger partial charge on any atom is -0.489 e. The van der Waals surface area contributed by atoms with Crippen LogP contribution in [-0.4, -0.2) is 17.7 Å². The molecule has 0 aliphatic heterocycles. The third-order valence-corrected chi connectivity index (χ3v) is 4.02. The molecule has 0 aliphatic carbocycles. The number of ether oxygens (including phenoxy) is 2. The zero-order valence-electron chi connectivity index (χ0n) is 15.9. The SMILES string of the molecule is C=C(Cl)/C=C\C=C(/C)COc1cccc(OCc2cccc(C)c2C(=O)O)c1. The van der Waals surface area contributed by atoms with Crippen molar-refractivity contribution in [3.8, 4) is 11.5 Å². The van der Waals surface area contributed by atoms with Gasteiger partial charge in [0.25, 0.3) is 0 Å². The van der Waals surface area contributed by atoms with E-state index in [9.17, 15) is 9.90 Å². The molecule has 0 unspecified atom stereocenters. The van der Waals surface area contributed by atoms with Gasteiger partial charge in [-0.3, -0.25) is 0 Å². The second-order valence-electron chi connectivity index (χ2n) is 6.29. The first-order chi connectivity index (χ1) is 13.4. The third kappa shape index (κ3) is 6.63. The van der Waals surface area contributed by atoms with Gasteiger partial charge in [0.15, 0.2) is 0 Å². The van der Waals surface area contributed by atoms with Crippen LogP contribution >= 0.6 is 11.6 Å². The van der Waals surface area contributed by atoms with E-state index in [1.54, 1.807) is 37.3 Å². The highest BCUT2D eigenvalue weighted by Gasteiger charge is 2.13. The Labute approximate surface area is 170 Å². The van der Waals surface area contributed by atoms with Gasteiger partial charge in [0.05, 0.1) is 5.56 Å². The summed E-state index contributed by atoms with van der Waals surface area (Å²) in [6.07, 6.45) is 5.42. The maximum atomic E-state index is 11.5. The fourth-order valence-electron chi connectivity index (χ4n) is 2.53. The van der Waals surface area contributed by atoms with Gasteiger partial charge in [-0.25, -0.2) is 4.79 Å².